The highest BCUT2D eigenvalue weighted by atomic mass is 32.1. The van der Waals surface area contributed by atoms with Crippen LogP contribution in [0.1, 0.15) is 28.2 Å². The number of fused-ring (bicyclic) bond motifs is 1. The molecule has 0 saturated heterocycles. The van der Waals surface area contributed by atoms with Crippen molar-refractivity contribution in [1.82, 2.24) is 5.32 Å². The first-order chi connectivity index (χ1) is 12.1. The summed E-state index contributed by atoms with van der Waals surface area (Å²) in [5.41, 5.74) is 0.0396. The van der Waals surface area contributed by atoms with Crippen molar-refractivity contribution in [3.8, 4) is 5.75 Å². The van der Waals surface area contributed by atoms with Gasteiger partial charge >= 0.3 is 5.97 Å². The Hall–Kier alpha value is -2.86. The fourth-order valence-corrected chi connectivity index (χ4v) is 3.26. The van der Waals surface area contributed by atoms with Crippen molar-refractivity contribution in [2.45, 2.75) is 13.0 Å². The topological polar surface area (TPSA) is 75.6 Å². The molecule has 2 aromatic carbocycles. The number of benzene rings is 2. The van der Waals surface area contributed by atoms with Crippen molar-refractivity contribution in [3.63, 3.8) is 0 Å². The number of hydrogen-bond donors (Lipinski definition) is 2. The number of phenols is 1. The normalized spacial score (nSPS) is 11.9. The van der Waals surface area contributed by atoms with Crippen LogP contribution >= 0.6 is 11.3 Å². The zero-order valence-corrected chi connectivity index (χ0v) is 14.4. The van der Waals surface area contributed by atoms with Crippen molar-refractivity contribution in [3.05, 3.63) is 64.4 Å². The number of thiophene rings is 1. The van der Waals surface area contributed by atoms with E-state index in [-0.39, 0.29) is 17.4 Å². The molecule has 0 aliphatic heterocycles. The number of phenolic OH excluding ortho intramolecular Hbond substituents is 1. The monoisotopic (exact) mass is 355 g/mol. The number of esters is 1. The van der Waals surface area contributed by atoms with Gasteiger partial charge < -0.3 is 15.2 Å². The molecule has 0 bridgehead atoms. The van der Waals surface area contributed by atoms with Crippen LogP contribution in [0.15, 0.2) is 53.9 Å². The summed E-state index contributed by atoms with van der Waals surface area (Å²) in [7, 11) is 0. The molecule has 0 aliphatic carbocycles. The molecule has 0 radical (unpaired) electrons. The number of ether oxygens (including phenoxy) is 1. The maximum atomic E-state index is 12.2. The van der Waals surface area contributed by atoms with Gasteiger partial charge in [-0.15, -0.1) is 11.3 Å². The summed E-state index contributed by atoms with van der Waals surface area (Å²) in [6.07, 6.45) is 0. The maximum Gasteiger partial charge on any atom is 0.342 e. The van der Waals surface area contributed by atoms with Crippen molar-refractivity contribution in [1.29, 1.82) is 0 Å². The summed E-state index contributed by atoms with van der Waals surface area (Å²) in [5.74, 6) is -1.27. The molecule has 0 saturated carbocycles. The summed E-state index contributed by atoms with van der Waals surface area (Å²) in [6, 6.07) is 14.1. The standard InChI is InChI=1S/C19H17NO4S/c1-12(16-7-4-10-25-16)20-17(21)11-24-19(23)15-9-8-13-5-2-3-6-14(13)18(15)22/h2-10,12,22H,11H2,1H3,(H,20,21). The molecule has 25 heavy (non-hydrogen) atoms. The molecular weight excluding hydrogens is 338 g/mol. The van der Waals surface area contributed by atoms with Crippen LogP contribution in [-0.2, 0) is 9.53 Å². The van der Waals surface area contributed by atoms with E-state index in [1.54, 1.807) is 29.5 Å². The lowest BCUT2D eigenvalue weighted by Crippen LogP contribution is -2.30. The van der Waals surface area contributed by atoms with E-state index in [4.69, 9.17) is 4.74 Å². The Balaban J connectivity index is 1.63. The Morgan fingerprint density at radius 2 is 1.96 bits per heavy atom. The average Bonchev–Trinajstić information content (AvgIpc) is 3.15. The summed E-state index contributed by atoms with van der Waals surface area (Å²) in [5, 5.41) is 16.3. The van der Waals surface area contributed by atoms with Crippen LogP contribution in [0.3, 0.4) is 0 Å². The molecule has 3 aromatic rings. The van der Waals surface area contributed by atoms with Crippen molar-refractivity contribution < 1.29 is 19.4 Å². The van der Waals surface area contributed by atoms with Gasteiger partial charge in [-0.25, -0.2) is 4.79 Å². The lowest BCUT2D eigenvalue weighted by atomic mass is 10.1. The molecule has 1 atom stereocenters. The molecule has 1 amide bonds. The largest absolute Gasteiger partial charge is 0.506 e. The van der Waals surface area contributed by atoms with Crippen LogP contribution < -0.4 is 5.32 Å². The lowest BCUT2D eigenvalue weighted by Gasteiger charge is -2.13. The Morgan fingerprint density at radius 3 is 2.72 bits per heavy atom. The molecule has 6 heteroatoms. The fourth-order valence-electron chi connectivity index (χ4n) is 2.52. The second kappa shape index (κ2) is 7.36. The zero-order valence-electron chi connectivity index (χ0n) is 13.6. The first-order valence-corrected chi connectivity index (χ1v) is 8.65. The third-order valence-electron chi connectivity index (χ3n) is 3.80. The highest BCUT2D eigenvalue weighted by molar-refractivity contribution is 7.10. The summed E-state index contributed by atoms with van der Waals surface area (Å²) < 4.78 is 5.03. The molecular formula is C19H17NO4S. The molecule has 0 fully saturated rings. The van der Waals surface area contributed by atoms with Crippen LogP contribution in [0.2, 0.25) is 0 Å². The van der Waals surface area contributed by atoms with E-state index in [1.165, 1.54) is 6.07 Å². The third-order valence-corrected chi connectivity index (χ3v) is 4.86. The molecule has 0 spiro atoms. The summed E-state index contributed by atoms with van der Waals surface area (Å²) in [6.45, 7) is 1.46. The van der Waals surface area contributed by atoms with Gasteiger partial charge in [0.2, 0.25) is 0 Å². The fraction of sp³-hybridized carbons (Fsp3) is 0.158. The van der Waals surface area contributed by atoms with Crippen molar-refractivity contribution in [2.24, 2.45) is 0 Å². The number of aromatic hydroxyl groups is 1. The molecule has 0 aliphatic rings. The number of rotatable bonds is 5. The predicted molar refractivity (Wildman–Crippen MR) is 96.8 cm³/mol. The minimum atomic E-state index is -0.734. The van der Waals surface area contributed by atoms with Gasteiger partial charge in [0.05, 0.1) is 6.04 Å². The lowest BCUT2D eigenvalue weighted by molar-refractivity contribution is -0.124. The minimum absolute atomic E-state index is 0.0396. The Bertz CT molecular complexity index is 905. The number of amides is 1. The van der Waals surface area contributed by atoms with E-state index in [0.29, 0.717) is 5.39 Å². The highest BCUT2D eigenvalue weighted by Crippen LogP contribution is 2.29. The van der Waals surface area contributed by atoms with Crippen LogP contribution in [0, 0.1) is 0 Å². The smallest absolute Gasteiger partial charge is 0.342 e. The van der Waals surface area contributed by atoms with E-state index in [0.717, 1.165) is 10.3 Å². The van der Waals surface area contributed by atoms with Gasteiger partial charge in [-0.1, -0.05) is 36.4 Å². The van der Waals surface area contributed by atoms with Gasteiger partial charge in [0.25, 0.3) is 5.91 Å². The second-order valence-corrected chi connectivity index (χ2v) is 6.54. The predicted octanol–water partition coefficient (Wildman–Crippen LogP) is 3.64. The molecule has 5 nitrogen and oxygen atoms in total. The number of hydrogen-bond acceptors (Lipinski definition) is 5. The average molecular weight is 355 g/mol. The Morgan fingerprint density at radius 1 is 1.16 bits per heavy atom. The SMILES string of the molecule is CC(NC(=O)COC(=O)c1ccc2ccccc2c1O)c1cccs1. The van der Waals surface area contributed by atoms with Gasteiger partial charge in [-0.05, 0) is 29.8 Å². The second-order valence-electron chi connectivity index (χ2n) is 5.56. The number of carbonyl (C=O) groups is 2. The minimum Gasteiger partial charge on any atom is -0.506 e. The van der Waals surface area contributed by atoms with Crippen LogP contribution in [0.5, 0.6) is 5.75 Å². The van der Waals surface area contributed by atoms with Crippen LogP contribution in [-0.4, -0.2) is 23.6 Å². The molecule has 1 unspecified atom stereocenters. The number of carbonyl (C=O) groups excluding carboxylic acids is 2. The Kier molecular flexibility index (Phi) is 5.00. The zero-order chi connectivity index (χ0) is 17.8. The highest BCUT2D eigenvalue weighted by Gasteiger charge is 2.17. The quantitative estimate of drug-likeness (QED) is 0.685. The number of nitrogens with one attached hydrogen (secondary N) is 1. The maximum absolute atomic E-state index is 12.2. The van der Waals surface area contributed by atoms with E-state index in [1.807, 2.05) is 36.6 Å². The van der Waals surface area contributed by atoms with E-state index in [2.05, 4.69) is 5.32 Å². The van der Waals surface area contributed by atoms with Crippen LogP contribution in [0.25, 0.3) is 10.8 Å². The van der Waals surface area contributed by atoms with Gasteiger partial charge in [-0.2, -0.15) is 0 Å². The van der Waals surface area contributed by atoms with Gasteiger partial charge in [0.1, 0.15) is 11.3 Å². The molecule has 1 aromatic heterocycles. The molecule has 1 heterocycles. The molecule has 128 valence electrons. The molecule has 2 N–H and O–H groups in total. The van der Waals surface area contributed by atoms with E-state index >= 15 is 0 Å². The van der Waals surface area contributed by atoms with Crippen molar-refractivity contribution >= 4 is 34.0 Å². The summed E-state index contributed by atoms with van der Waals surface area (Å²) >= 11 is 1.54. The van der Waals surface area contributed by atoms with Gasteiger partial charge in [0.15, 0.2) is 6.61 Å². The Labute approximate surface area is 148 Å². The van der Waals surface area contributed by atoms with Crippen molar-refractivity contribution in [2.75, 3.05) is 6.61 Å². The van der Waals surface area contributed by atoms with Gasteiger partial charge in [0, 0.05) is 10.3 Å². The summed E-state index contributed by atoms with van der Waals surface area (Å²) in [4.78, 5) is 25.1. The first kappa shape index (κ1) is 17.0. The van der Waals surface area contributed by atoms with Gasteiger partial charge in [-0.3, -0.25) is 4.79 Å². The van der Waals surface area contributed by atoms with E-state index < -0.39 is 18.5 Å². The molecule has 3 rings (SSSR count). The third kappa shape index (κ3) is 3.80. The first-order valence-electron chi connectivity index (χ1n) is 7.77. The van der Waals surface area contributed by atoms with Crippen LogP contribution in [0.4, 0.5) is 0 Å². The van der Waals surface area contributed by atoms with E-state index in [9.17, 15) is 14.7 Å².